The molecule has 0 saturated heterocycles. The third-order valence-corrected chi connectivity index (χ3v) is 3.84. The van der Waals surface area contributed by atoms with Gasteiger partial charge in [-0.25, -0.2) is 0 Å². The number of aromatic nitrogens is 1. The number of aliphatic hydroxyl groups is 1. The smallest absolute Gasteiger partial charge is 0.0794 e. The fourth-order valence-electron chi connectivity index (χ4n) is 2.44. The molecule has 1 atom stereocenters. The lowest BCUT2D eigenvalue weighted by Gasteiger charge is -2.24. The first-order valence-corrected chi connectivity index (χ1v) is 5.97. The number of thiazole rings is 1. The summed E-state index contributed by atoms with van der Waals surface area (Å²) in [4.78, 5) is 5.24. The van der Waals surface area contributed by atoms with Crippen LogP contribution in [0.15, 0.2) is 11.7 Å². The summed E-state index contributed by atoms with van der Waals surface area (Å²) in [5.41, 5.74) is 1.66. The van der Waals surface area contributed by atoms with E-state index >= 15 is 0 Å². The summed E-state index contributed by atoms with van der Waals surface area (Å²) in [6.07, 6.45) is 5.62. The Morgan fingerprint density at radius 2 is 2.29 bits per heavy atom. The van der Waals surface area contributed by atoms with Gasteiger partial charge in [-0.05, 0) is 24.7 Å². The Morgan fingerprint density at radius 3 is 2.79 bits per heavy atom. The molecular weight excluding hydrogens is 194 g/mol. The van der Waals surface area contributed by atoms with Crippen LogP contribution in [0.1, 0.15) is 38.0 Å². The van der Waals surface area contributed by atoms with Crippen molar-refractivity contribution < 1.29 is 5.11 Å². The number of rotatable bonds is 2. The van der Waals surface area contributed by atoms with Crippen molar-refractivity contribution in [2.45, 2.75) is 45.1 Å². The van der Waals surface area contributed by atoms with Gasteiger partial charge in [-0.15, -0.1) is 11.3 Å². The van der Waals surface area contributed by atoms with Crippen LogP contribution in [0.5, 0.6) is 0 Å². The fourth-order valence-corrected chi connectivity index (χ4v) is 3.17. The highest BCUT2D eigenvalue weighted by Gasteiger charge is 2.41. The van der Waals surface area contributed by atoms with E-state index in [0.717, 1.165) is 25.7 Å². The Hall–Kier alpha value is -0.410. The zero-order chi connectivity index (χ0) is 10.2. The summed E-state index contributed by atoms with van der Waals surface area (Å²) in [6.45, 7) is 4.47. The average Bonchev–Trinajstić information content (AvgIpc) is 2.60. The van der Waals surface area contributed by atoms with Gasteiger partial charge in [0.15, 0.2) is 0 Å². The van der Waals surface area contributed by atoms with Gasteiger partial charge in [-0.1, -0.05) is 13.8 Å². The molecule has 1 aromatic heterocycles. The lowest BCUT2D eigenvalue weighted by Crippen LogP contribution is -2.28. The van der Waals surface area contributed by atoms with Crippen molar-refractivity contribution in [2.75, 3.05) is 0 Å². The van der Waals surface area contributed by atoms with Gasteiger partial charge < -0.3 is 5.11 Å². The molecule has 1 saturated carbocycles. The molecule has 0 aromatic carbocycles. The highest BCUT2D eigenvalue weighted by atomic mass is 32.1. The molecule has 0 amide bonds. The van der Waals surface area contributed by atoms with Gasteiger partial charge in [-0.3, -0.25) is 4.98 Å². The molecule has 0 radical (unpaired) electrons. The third kappa shape index (κ3) is 2.15. The quantitative estimate of drug-likeness (QED) is 0.815. The highest BCUT2D eigenvalue weighted by molar-refractivity contribution is 7.09. The second kappa shape index (κ2) is 3.31. The van der Waals surface area contributed by atoms with Crippen LogP contribution in [0, 0.1) is 5.41 Å². The van der Waals surface area contributed by atoms with Gasteiger partial charge in [0.25, 0.3) is 0 Å². The van der Waals surface area contributed by atoms with Crippen molar-refractivity contribution in [3.8, 4) is 0 Å². The fraction of sp³-hybridized carbons (Fsp3) is 0.727. The van der Waals surface area contributed by atoms with Crippen LogP contribution < -0.4 is 0 Å². The zero-order valence-electron chi connectivity index (χ0n) is 8.79. The standard InChI is InChI=1S/C11H17NOS/c1-10(2)3-4-11(13,7-10)5-9-6-12-8-14-9/h6,8,13H,3-5,7H2,1-2H3. The predicted octanol–water partition coefficient (Wildman–Crippen LogP) is 2.63. The molecule has 1 aromatic rings. The molecule has 1 aliphatic rings. The normalized spacial score (nSPS) is 30.8. The van der Waals surface area contributed by atoms with E-state index in [9.17, 15) is 5.11 Å². The Labute approximate surface area is 89.0 Å². The van der Waals surface area contributed by atoms with Crippen LogP contribution in [0.2, 0.25) is 0 Å². The highest BCUT2D eigenvalue weighted by Crippen LogP contribution is 2.45. The Kier molecular flexibility index (Phi) is 2.40. The molecule has 3 heteroatoms. The molecule has 0 bridgehead atoms. The van der Waals surface area contributed by atoms with Gasteiger partial charge in [0, 0.05) is 17.5 Å². The van der Waals surface area contributed by atoms with Crippen LogP contribution in [0.3, 0.4) is 0 Å². The molecule has 14 heavy (non-hydrogen) atoms. The zero-order valence-corrected chi connectivity index (χ0v) is 9.60. The summed E-state index contributed by atoms with van der Waals surface area (Å²) < 4.78 is 0. The van der Waals surface area contributed by atoms with Crippen molar-refractivity contribution in [3.05, 3.63) is 16.6 Å². The first kappa shape index (κ1) is 10.1. The maximum absolute atomic E-state index is 10.4. The van der Waals surface area contributed by atoms with Gasteiger partial charge >= 0.3 is 0 Å². The average molecular weight is 211 g/mol. The summed E-state index contributed by atoms with van der Waals surface area (Å²) in [5.74, 6) is 0. The van der Waals surface area contributed by atoms with Crippen molar-refractivity contribution in [2.24, 2.45) is 5.41 Å². The number of nitrogens with zero attached hydrogens (tertiary/aromatic N) is 1. The molecule has 0 aliphatic heterocycles. The van der Waals surface area contributed by atoms with Crippen molar-refractivity contribution in [1.82, 2.24) is 4.98 Å². The number of hydrogen-bond acceptors (Lipinski definition) is 3. The van der Waals surface area contributed by atoms with Crippen LogP contribution in [0.25, 0.3) is 0 Å². The Morgan fingerprint density at radius 1 is 1.50 bits per heavy atom. The molecular formula is C11H17NOS. The number of hydrogen-bond donors (Lipinski definition) is 1. The van der Waals surface area contributed by atoms with E-state index < -0.39 is 5.60 Å². The maximum Gasteiger partial charge on any atom is 0.0794 e. The minimum absolute atomic E-state index is 0.305. The van der Waals surface area contributed by atoms with Crippen molar-refractivity contribution >= 4 is 11.3 Å². The molecule has 1 unspecified atom stereocenters. The van der Waals surface area contributed by atoms with Gasteiger partial charge in [0.05, 0.1) is 11.1 Å². The third-order valence-electron chi connectivity index (χ3n) is 3.06. The first-order valence-electron chi connectivity index (χ1n) is 5.09. The topological polar surface area (TPSA) is 33.1 Å². The molecule has 2 nitrogen and oxygen atoms in total. The molecule has 1 fully saturated rings. The monoisotopic (exact) mass is 211 g/mol. The lowest BCUT2D eigenvalue weighted by molar-refractivity contribution is 0.0386. The Bertz CT molecular complexity index is 307. The molecule has 1 aliphatic carbocycles. The van der Waals surface area contributed by atoms with Crippen LogP contribution in [-0.2, 0) is 6.42 Å². The van der Waals surface area contributed by atoms with Crippen LogP contribution in [-0.4, -0.2) is 15.7 Å². The minimum Gasteiger partial charge on any atom is -0.389 e. The van der Waals surface area contributed by atoms with E-state index in [1.165, 1.54) is 4.88 Å². The molecule has 1 heterocycles. The summed E-state index contributed by atoms with van der Waals surface area (Å²) in [7, 11) is 0. The molecule has 2 rings (SSSR count). The van der Waals surface area contributed by atoms with Crippen LogP contribution >= 0.6 is 11.3 Å². The van der Waals surface area contributed by atoms with Gasteiger partial charge in [0.2, 0.25) is 0 Å². The van der Waals surface area contributed by atoms with E-state index in [1.807, 2.05) is 11.7 Å². The maximum atomic E-state index is 10.4. The van der Waals surface area contributed by atoms with Gasteiger partial charge in [0.1, 0.15) is 0 Å². The summed E-state index contributed by atoms with van der Waals surface area (Å²) in [5, 5.41) is 10.4. The van der Waals surface area contributed by atoms with E-state index in [-0.39, 0.29) is 0 Å². The predicted molar refractivity (Wildman–Crippen MR) is 58.4 cm³/mol. The Balaban J connectivity index is 2.05. The van der Waals surface area contributed by atoms with Gasteiger partial charge in [-0.2, -0.15) is 0 Å². The van der Waals surface area contributed by atoms with Crippen LogP contribution in [0.4, 0.5) is 0 Å². The van der Waals surface area contributed by atoms with E-state index in [4.69, 9.17) is 0 Å². The van der Waals surface area contributed by atoms with E-state index in [1.54, 1.807) is 11.3 Å². The lowest BCUT2D eigenvalue weighted by atomic mass is 9.88. The molecule has 1 N–H and O–H groups in total. The second-order valence-electron chi connectivity index (χ2n) is 5.21. The second-order valence-corrected chi connectivity index (χ2v) is 6.18. The first-order chi connectivity index (χ1) is 6.49. The van der Waals surface area contributed by atoms with E-state index in [0.29, 0.717) is 5.41 Å². The van der Waals surface area contributed by atoms with E-state index in [2.05, 4.69) is 18.8 Å². The largest absolute Gasteiger partial charge is 0.389 e. The SMILES string of the molecule is CC1(C)CCC(O)(Cc2cncs2)C1. The summed E-state index contributed by atoms with van der Waals surface area (Å²) >= 11 is 1.64. The van der Waals surface area contributed by atoms with Crippen molar-refractivity contribution in [1.29, 1.82) is 0 Å². The molecule has 78 valence electrons. The molecule has 0 spiro atoms. The minimum atomic E-state index is -0.476. The summed E-state index contributed by atoms with van der Waals surface area (Å²) in [6, 6.07) is 0. The van der Waals surface area contributed by atoms with Crippen molar-refractivity contribution in [3.63, 3.8) is 0 Å².